The average molecular weight is 1370 g/mol. The number of aliphatic hydroxyl groups is 1. The maximum Gasteiger partial charge on any atom is 0.472 e. The molecule has 5 unspecified atom stereocenters. The van der Waals surface area contributed by atoms with E-state index in [2.05, 4.69) is 113 Å². The summed E-state index contributed by atoms with van der Waals surface area (Å²) in [6.07, 6.45) is 67.3. The van der Waals surface area contributed by atoms with Crippen molar-refractivity contribution in [1.29, 1.82) is 0 Å². The largest absolute Gasteiger partial charge is 0.472 e. The van der Waals surface area contributed by atoms with E-state index in [9.17, 15) is 43.2 Å². The normalized spacial score (nSPS) is 14.5. The number of allylic oxidation sites excluding steroid dienone is 14. The summed E-state index contributed by atoms with van der Waals surface area (Å²) in [7, 11) is -9.95. The van der Waals surface area contributed by atoms with Gasteiger partial charge in [0.05, 0.1) is 26.4 Å². The van der Waals surface area contributed by atoms with Crippen molar-refractivity contribution in [2.75, 3.05) is 39.6 Å². The summed E-state index contributed by atoms with van der Waals surface area (Å²) in [6, 6.07) is 0. The second-order valence-electron chi connectivity index (χ2n) is 24.5. The summed E-state index contributed by atoms with van der Waals surface area (Å²) in [5.74, 6) is -2.23. The summed E-state index contributed by atoms with van der Waals surface area (Å²) in [5.41, 5.74) is 0. The summed E-state index contributed by atoms with van der Waals surface area (Å²) in [6.45, 7) is 4.63. The Kier molecular flexibility index (Phi) is 65.1. The van der Waals surface area contributed by atoms with Crippen LogP contribution in [0.3, 0.4) is 0 Å². The van der Waals surface area contributed by atoms with Gasteiger partial charge in [-0.1, -0.05) is 254 Å². The highest BCUT2D eigenvalue weighted by atomic mass is 31.2. The molecule has 5 atom stereocenters. The van der Waals surface area contributed by atoms with Crippen LogP contribution >= 0.6 is 15.6 Å². The second kappa shape index (κ2) is 67.8. The van der Waals surface area contributed by atoms with Crippen LogP contribution < -0.4 is 0 Å². The van der Waals surface area contributed by atoms with Crippen LogP contribution in [-0.4, -0.2) is 96.7 Å². The minimum atomic E-state index is -4.98. The first-order valence-corrected chi connectivity index (χ1v) is 39.8. The third kappa shape index (κ3) is 66.8. The van der Waals surface area contributed by atoms with E-state index in [0.717, 1.165) is 148 Å². The predicted octanol–water partition coefficient (Wildman–Crippen LogP) is 20.7. The lowest BCUT2D eigenvalue weighted by Gasteiger charge is -2.21. The highest BCUT2D eigenvalue weighted by Crippen LogP contribution is 2.45. The predicted molar refractivity (Wildman–Crippen MR) is 381 cm³/mol. The molecule has 0 saturated heterocycles. The third-order valence-electron chi connectivity index (χ3n) is 15.3. The van der Waals surface area contributed by atoms with Crippen LogP contribution in [0.25, 0.3) is 0 Å². The van der Waals surface area contributed by atoms with Crippen LogP contribution in [0, 0.1) is 0 Å². The molecule has 0 heterocycles. The first-order valence-electron chi connectivity index (χ1n) is 36.8. The van der Waals surface area contributed by atoms with Crippen molar-refractivity contribution in [3.05, 3.63) is 85.1 Å². The first-order chi connectivity index (χ1) is 45.7. The molecule has 0 amide bonds. The third-order valence-corrected chi connectivity index (χ3v) is 17.2. The van der Waals surface area contributed by atoms with Crippen molar-refractivity contribution < 1.29 is 80.2 Å². The van der Waals surface area contributed by atoms with E-state index in [1.165, 1.54) is 83.5 Å². The zero-order valence-corrected chi connectivity index (χ0v) is 60.9. The highest BCUT2D eigenvalue weighted by molar-refractivity contribution is 7.47. The van der Waals surface area contributed by atoms with E-state index in [1.54, 1.807) is 0 Å². The van der Waals surface area contributed by atoms with Crippen LogP contribution in [0.5, 0.6) is 0 Å². The maximum atomic E-state index is 13.0. The average Bonchev–Trinajstić information content (AvgIpc) is 1.35. The van der Waals surface area contributed by atoms with Crippen molar-refractivity contribution >= 4 is 39.5 Å². The summed E-state index contributed by atoms with van der Waals surface area (Å²) in [5, 5.41) is 10.6. The Morgan fingerprint density at radius 2 is 0.564 bits per heavy atom. The standard InChI is InChI=1S/C75H132O17P2/c1-5-9-13-17-21-25-29-32-34-37-40-43-47-51-55-59-72(77)85-65-70(91-74(79)61-57-53-49-45-39-28-24-20-16-12-8-4)67-89-93(81,82)87-63-69(76)64-88-94(83,84)90-68-71(92-75(80)62-58-54-50-46-42-36-31-27-23-19-15-11-7-3)66-86-73(78)60-56-52-48-44-41-38-35-33-30-26-22-18-14-10-6-2/h9,13,20-22,24-26,32-35,40,43,69-71,76H,5-8,10-12,14-19,23,27-31,36-39,41-42,44-68H2,1-4H3,(H,81,82)(H,83,84)/b13-9-,24-20-,25-21-,26-22-,34-32-,35-33-,43-40-. The monoisotopic (exact) mass is 1370 g/mol. The Hall–Kier alpha value is -3.76. The van der Waals surface area contributed by atoms with Crippen molar-refractivity contribution in [3.8, 4) is 0 Å². The Labute approximate surface area is 570 Å². The van der Waals surface area contributed by atoms with Crippen LogP contribution in [0.2, 0.25) is 0 Å². The van der Waals surface area contributed by atoms with Crippen molar-refractivity contribution in [3.63, 3.8) is 0 Å². The fourth-order valence-electron chi connectivity index (χ4n) is 9.69. The molecule has 0 spiro atoms. The quantitative estimate of drug-likeness (QED) is 0.0169. The van der Waals surface area contributed by atoms with Gasteiger partial charge in [-0.3, -0.25) is 37.3 Å². The van der Waals surface area contributed by atoms with Crippen molar-refractivity contribution in [1.82, 2.24) is 0 Å². The molecule has 0 aromatic heterocycles. The van der Waals surface area contributed by atoms with Gasteiger partial charge in [0.25, 0.3) is 0 Å². The lowest BCUT2D eigenvalue weighted by atomic mass is 10.0. The summed E-state index contributed by atoms with van der Waals surface area (Å²) in [4.78, 5) is 72.6. The van der Waals surface area contributed by atoms with Gasteiger partial charge in [-0.05, 0) is 116 Å². The number of hydrogen-bond donors (Lipinski definition) is 3. The number of carbonyl (C=O) groups excluding carboxylic acids is 4. The lowest BCUT2D eigenvalue weighted by Crippen LogP contribution is -2.30. The van der Waals surface area contributed by atoms with Crippen molar-refractivity contribution in [2.24, 2.45) is 0 Å². The molecule has 0 aromatic rings. The second-order valence-corrected chi connectivity index (χ2v) is 27.4. The Balaban J connectivity index is 5.35. The van der Waals surface area contributed by atoms with E-state index in [4.69, 9.17) is 37.0 Å². The van der Waals surface area contributed by atoms with Gasteiger partial charge in [-0.25, -0.2) is 9.13 Å². The molecule has 0 radical (unpaired) electrons. The molecule has 0 aliphatic heterocycles. The van der Waals surface area contributed by atoms with Gasteiger partial charge >= 0.3 is 39.5 Å². The zero-order valence-electron chi connectivity index (χ0n) is 59.1. The fraction of sp³-hybridized carbons (Fsp3) is 0.760. The lowest BCUT2D eigenvalue weighted by molar-refractivity contribution is -0.161. The van der Waals surface area contributed by atoms with Crippen LogP contribution in [-0.2, 0) is 65.4 Å². The fourth-order valence-corrected chi connectivity index (χ4v) is 11.3. The number of unbranched alkanes of at least 4 members (excludes halogenated alkanes) is 29. The molecule has 0 saturated carbocycles. The molecule has 0 fully saturated rings. The number of hydrogen-bond acceptors (Lipinski definition) is 15. The van der Waals surface area contributed by atoms with E-state index >= 15 is 0 Å². The van der Waals surface area contributed by atoms with E-state index < -0.39 is 97.5 Å². The molecular formula is C75H132O17P2. The molecule has 19 heteroatoms. The van der Waals surface area contributed by atoms with Crippen LogP contribution in [0.4, 0.5) is 0 Å². The number of ether oxygens (including phenoxy) is 4. The zero-order chi connectivity index (χ0) is 69.0. The Bertz CT molecular complexity index is 2120. The number of phosphoric ester groups is 2. The maximum absolute atomic E-state index is 13.0. The van der Waals surface area contributed by atoms with Gasteiger partial charge in [0, 0.05) is 25.7 Å². The van der Waals surface area contributed by atoms with Crippen LogP contribution in [0.1, 0.15) is 310 Å². The van der Waals surface area contributed by atoms with Gasteiger partial charge in [0.1, 0.15) is 19.3 Å². The number of carbonyl (C=O) groups is 4. The molecule has 17 nitrogen and oxygen atoms in total. The van der Waals surface area contributed by atoms with Gasteiger partial charge in [0.15, 0.2) is 12.2 Å². The summed E-state index contributed by atoms with van der Waals surface area (Å²) >= 11 is 0. The SMILES string of the molecule is CC/C=C\C/C=C\C/C=C\C/C=C\CCCCC(=O)OCC(COP(=O)(O)OCC(O)COP(=O)(O)OCC(COC(=O)CCCCCCC/C=C\C/C=C\CCCCC)OC(=O)CCCCCCCCCCCCCCC)OC(=O)CCCCCCC/C=C\CCCC. The van der Waals surface area contributed by atoms with Gasteiger partial charge in [-0.15, -0.1) is 0 Å². The number of esters is 4. The van der Waals surface area contributed by atoms with E-state index in [1.807, 2.05) is 0 Å². The number of rotatable bonds is 69. The van der Waals surface area contributed by atoms with E-state index in [0.29, 0.717) is 25.7 Å². The number of aliphatic hydroxyl groups excluding tert-OH is 1. The molecular weight excluding hydrogens is 1230 g/mol. The van der Waals surface area contributed by atoms with Crippen molar-refractivity contribution in [2.45, 2.75) is 329 Å². The molecule has 0 aliphatic rings. The molecule has 0 rings (SSSR count). The minimum Gasteiger partial charge on any atom is -0.462 e. The highest BCUT2D eigenvalue weighted by Gasteiger charge is 2.30. The Morgan fingerprint density at radius 1 is 0.309 bits per heavy atom. The van der Waals surface area contributed by atoms with Gasteiger partial charge in [-0.2, -0.15) is 0 Å². The van der Waals surface area contributed by atoms with Gasteiger partial charge < -0.3 is 33.8 Å². The first kappa shape index (κ1) is 90.2. The molecule has 0 aromatic carbocycles. The number of phosphoric acid groups is 2. The smallest absolute Gasteiger partial charge is 0.462 e. The Morgan fingerprint density at radius 3 is 0.936 bits per heavy atom. The molecule has 0 bridgehead atoms. The minimum absolute atomic E-state index is 0.0759. The summed E-state index contributed by atoms with van der Waals surface area (Å²) < 4.78 is 68.3. The topological polar surface area (TPSA) is 237 Å². The molecule has 94 heavy (non-hydrogen) atoms. The van der Waals surface area contributed by atoms with Crippen LogP contribution in [0.15, 0.2) is 85.1 Å². The molecule has 0 aliphatic carbocycles. The molecule has 3 N–H and O–H groups in total. The van der Waals surface area contributed by atoms with E-state index in [-0.39, 0.29) is 25.7 Å². The molecule has 544 valence electrons. The van der Waals surface area contributed by atoms with Gasteiger partial charge in [0.2, 0.25) is 0 Å².